The molecule has 1 fully saturated rings. The third-order valence-electron chi connectivity index (χ3n) is 4.30. The van der Waals surface area contributed by atoms with Gasteiger partial charge in [-0.2, -0.15) is 0 Å². The number of hydrogen-bond acceptors (Lipinski definition) is 2. The van der Waals surface area contributed by atoms with Gasteiger partial charge in [0.25, 0.3) is 0 Å². The molecule has 1 aliphatic rings. The molecule has 24 heavy (non-hydrogen) atoms. The molecule has 0 amide bonds. The minimum atomic E-state index is 0.357. The first-order valence-electron chi connectivity index (χ1n) is 8.32. The van der Waals surface area contributed by atoms with E-state index < -0.39 is 0 Å². The zero-order chi connectivity index (χ0) is 16.8. The summed E-state index contributed by atoms with van der Waals surface area (Å²) in [4.78, 5) is 2.55. The number of hydrogen-bond donors (Lipinski definition) is 2. The molecule has 1 heterocycles. The van der Waals surface area contributed by atoms with Gasteiger partial charge in [0.05, 0.1) is 6.04 Å². The monoisotopic (exact) mass is 403 g/mol. The summed E-state index contributed by atoms with van der Waals surface area (Å²) in [5.74, 6) is 0. The molecule has 0 radical (unpaired) electrons. The van der Waals surface area contributed by atoms with Crippen LogP contribution >= 0.6 is 28.1 Å². The van der Waals surface area contributed by atoms with E-state index in [4.69, 9.17) is 12.2 Å². The van der Waals surface area contributed by atoms with Gasteiger partial charge >= 0.3 is 0 Å². The second kappa shape index (κ2) is 8.60. The molecule has 1 atom stereocenters. The van der Waals surface area contributed by atoms with Gasteiger partial charge in [0.2, 0.25) is 0 Å². The molecule has 0 saturated carbocycles. The minimum Gasteiger partial charge on any atom is -0.361 e. The number of nitrogens with one attached hydrogen (secondary N) is 2. The first-order valence-corrected chi connectivity index (χ1v) is 9.52. The lowest BCUT2D eigenvalue weighted by Crippen LogP contribution is -2.38. The molecule has 2 N–H and O–H groups in total. The predicted molar refractivity (Wildman–Crippen MR) is 108 cm³/mol. The zero-order valence-corrected chi connectivity index (χ0v) is 15.9. The van der Waals surface area contributed by atoms with E-state index in [2.05, 4.69) is 61.8 Å². The number of likely N-dealkylation sites (tertiary alicyclic amines) is 1. The van der Waals surface area contributed by atoms with E-state index in [9.17, 15) is 0 Å². The third kappa shape index (κ3) is 4.79. The van der Waals surface area contributed by atoms with Crippen LogP contribution in [0.25, 0.3) is 0 Å². The molecule has 1 saturated heterocycles. The van der Waals surface area contributed by atoms with Crippen molar-refractivity contribution in [3.05, 3.63) is 64.6 Å². The molecular formula is C19H22BrN3S. The van der Waals surface area contributed by atoms with Gasteiger partial charge < -0.3 is 10.6 Å². The van der Waals surface area contributed by atoms with E-state index >= 15 is 0 Å². The van der Waals surface area contributed by atoms with E-state index in [1.54, 1.807) is 0 Å². The second-order valence-electron chi connectivity index (χ2n) is 6.01. The zero-order valence-electron chi connectivity index (χ0n) is 13.5. The van der Waals surface area contributed by atoms with Crippen LogP contribution < -0.4 is 10.6 Å². The van der Waals surface area contributed by atoms with Gasteiger partial charge in [-0.1, -0.05) is 52.3 Å². The standard InChI is InChI=1S/C19H22BrN3S/c20-16-9-6-10-17(13-16)22-19(24)21-14-18(23-11-4-5-12-23)15-7-2-1-3-8-15/h1-3,6-10,13,18H,4-5,11-12,14H2,(H2,21,22,24)/t18-/m0/s1. The molecule has 3 nitrogen and oxygen atoms in total. The van der Waals surface area contributed by atoms with Crippen LogP contribution in [0.3, 0.4) is 0 Å². The largest absolute Gasteiger partial charge is 0.361 e. The molecule has 5 heteroatoms. The lowest BCUT2D eigenvalue weighted by Gasteiger charge is -2.28. The van der Waals surface area contributed by atoms with Crippen LogP contribution in [0.2, 0.25) is 0 Å². The summed E-state index contributed by atoms with van der Waals surface area (Å²) in [6.45, 7) is 3.13. The van der Waals surface area contributed by atoms with Crippen LogP contribution in [0.4, 0.5) is 5.69 Å². The number of thiocarbonyl (C=S) groups is 1. The van der Waals surface area contributed by atoms with Crippen LogP contribution in [-0.2, 0) is 0 Å². The Morgan fingerprint density at radius 1 is 1.08 bits per heavy atom. The summed E-state index contributed by atoms with van der Waals surface area (Å²) in [5, 5.41) is 7.30. The Labute approximate surface area is 157 Å². The molecule has 2 aromatic carbocycles. The van der Waals surface area contributed by atoms with Crippen molar-refractivity contribution >= 4 is 38.9 Å². The molecule has 0 spiro atoms. The maximum atomic E-state index is 5.47. The number of halogens is 1. The highest BCUT2D eigenvalue weighted by Gasteiger charge is 2.23. The molecule has 2 aromatic rings. The van der Waals surface area contributed by atoms with E-state index in [-0.39, 0.29) is 0 Å². The Morgan fingerprint density at radius 3 is 2.54 bits per heavy atom. The number of anilines is 1. The quantitative estimate of drug-likeness (QED) is 0.714. The highest BCUT2D eigenvalue weighted by molar-refractivity contribution is 9.10. The Morgan fingerprint density at radius 2 is 1.83 bits per heavy atom. The lowest BCUT2D eigenvalue weighted by molar-refractivity contribution is 0.246. The van der Waals surface area contributed by atoms with Crippen molar-refractivity contribution in [2.75, 3.05) is 25.0 Å². The van der Waals surface area contributed by atoms with Crippen molar-refractivity contribution in [2.45, 2.75) is 18.9 Å². The summed E-state index contributed by atoms with van der Waals surface area (Å²) >= 11 is 8.95. The first kappa shape index (κ1) is 17.4. The fourth-order valence-electron chi connectivity index (χ4n) is 3.12. The Kier molecular flexibility index (Phi) is 6.24. The first-order chi connectivity index (χ1) is 11.7. The smallest absolute Gasteiger partial charge is 0.170 e. The Bertz CT molecular complexity index is 671. The van der Waals surface area contributed by atoms with Crippen molar-refractivity contribution in [2.24, 2.45) is 0 Å². The molecule has 0 bridgehead atoms. The summed E-state index contributed by atoms with van der Waals surface area (Å²) in [5.41, 5.74) is 2.33. The average molecular weight is 404 g/mol. The minimum absolute atomic E-state index is 0.357. The van der Waals surface area contributed by atoms with E-state index in [1.165, 1.54) is 18.4 Å². The molecule has 3 rings (SSSR count). The Balaban J connectivity index is 1.61. The second-order valence-corrected chi connectivity index (χ2v) is 7.34. The maximum Gasteiger partial charge on any atom is 0.170 e. The molecule has 126 valence electrons. The normalized spacial score (nSPS) is 15.9. The van der Waals surface area contributed by atoms with Crippen LogP contribution in [0, 0.1) is 0 Å². The predicted octanol–water partition coefficient (Wildman–Crippen LogP) is 4.57. The Hall–Kier alpha value is -1.43. The van der Waals surface area contributed by atoms with Gasteiger partial charge in [-0.05, 0) is 61.9 Å². The molecule has 1 aliphatic heterocycles. The van der Waals surface area contributed by atoms with E-state index in [0.717, 1.165) is 29.8 Å². The number of benzene rings is 2. The fourth-order valence-corrected chi connectivity index (χ4v) is 3.72. The van der Waals surface area contributed by atoms with E-state index in [0.29, 0.717) is 11.2 Å². The fraction of sp³-hybridized carbons (Fsp3) is 0.316. The average Bonchev–Trinajstić information content (AvgIpc) is 3.10. The summed E-state index contributed by atoms with van der Waals surface area (Å²) in [7, 11) is 0. The lowest BCUT2D eigenvalue weighted by atomic mass is 10.1. The van der Waals surface area contributed by atoms with E-state index in [1.807, 2.05) is 24.3 Å². The van der Waals surface area contributed by atoms with Gasteiger partial charge in [0, 0.05) is 16.7 Å². The van der Waals surface area contributed by atoms with Crippen LogP contribution in [0.15, 0.2) is 59.1 Å². The van der Waals surface area contributed by atoms with Gasteiger partial charge in [0.15, 0.2) is 5.11 Å². The summed E-state index contributed by atoms with van der Waals surface area (Å²) in [6, 6.07) is 19.1. The topological polar surface area (TPSA) is 27.3 Å². The highest BCUT2D eigenvalue weighted by Crippen LogP contribution is 2.24. The molecule has 0 aliphatic carbocycles. The van der Waals surface area contributed by atoms with Crippen molar-refractivity contribution < 1.29 is 0 Å². The van der Waals surface area contributed by atoms with Crippen molar-refractivity contribution in [3.63, 3.8) is 0 Å². The molecule has 0 unspecified atom stereocenters. The molecule has 0 aromatic heterocycles. The highest BCUT2D eigenvalue weighted by atomic mass is 79.9. The SMILES string of the molecule is S=C(NC[C@@H](c1ccccc1)N1CCCC1)Nc1cccc(Br)c1. The van der Waals surface area contributed by atoms with Gasteiger partial charge in [-0.25, -0.2) is 0 Å². The van der Waals surface area contributed by atoms with Gasteiger partial charge in [0.1, 0.15) is 0 Å². The van der Waals surface area contributed by atoms with Crippen LogP contribution in [0.1, 0.15) is 24.4 Å². The summed E-state index contributed by atoms with van der Waals surface area (Å²) < 4.78 is 1.04. The van der Waals surface area contributed by atoms with Gasteiger partial charge in [-0.15, -0.1) is 0 Å². The molecular weight excluding hydrogens is 382 g/mol. The van der Waals surface area contributed by atoms with Crippen LogP contribution in [0.5, 0.6) is 0 Å². The number of rotatable bonds is 5. The van der Waals surface area contributed by atoms with Crippen LogP contribution in [-0.4, -0.2) is 29.6 Å². The van der Waals surface area contributed by atoms with Gasteiger partial charge in [-0.3, -0.25) is 4.90 Å². The van der Waals surface area contributed by atoms with Crippen molar-refractivity contribution in [1.29, 1.82) is 0 Å². The van der Waals surface area contributed by atoms with Crippen molar-refractivity contribution in [1.82, 2.24) is 10.2 Å². The summed E-state index contributed by atoms with van der Waals surface area (Å²) in [6.07, 6.45) is 2.56. The number of nitrogens with zero attached hydrogens (tertiary/aromatic N) is 1. The van der Waals surface area contributed by atoms with Crippen molar-refractivity contribution in [3.8, 4) is 0 Å². The third-order valence-corrected chi connectivity index (χ3v) is 5.04. The maximum absolute atomic E-state index is 5.47.